The van der Waals surface area contributed by atoms with Crippen LogP contribution in [0.25, 0.3) is 0 Å². The van der Waals surface area contributed by atoms with Gasteiger partial charge in [0.25, 0.3) is 11.8 Å². The molecule has 0 unspecified atom stereocenters. The lowest BCUT2D eigenvalue weighted by molar-refractivity contribution is 0.0533. The fourth-order valence-electron chi connectivity index (χ4n) is 2.58. The molecule has 3 rings (SSSR count). The van der Waals surface area contributed by atoms with Crippen LogP contribution in [0.5, 0.6) is 0 Å². The number of amides is 2. The molecule has 0 fully saturated rings. The first-order valence-corrected chi connectivity index (χ1v) is 8.81. The molecule has 124 valence electrons. The van der Waals surface area contributed by atoms with Crippen molar-refractivity contribution in [1.82, 2.24) is 14.9 Å². The number of hydrogen-bond acceptors (Lipinski definition) is 6. The quantitative estimate of drug-likeness (QED) is 0.636. The van der Waals surface area contributed by atoms with E-state index in [1.54, 1.807) is 48.4 Å². The van der Waals surface area contributed by atoms with Crippen LogP contribution in [0.1, 0.15) is 33.0 Å². The third kappa shape index (κ3) is 3.32. The third-order valence-electron chi connectivity index (χ3n) is 3.89. The number of fused-ring (bicyclic) bond motifs is 1. The Bertz CT molecular complexity index is 729. The summed E-state index contributed by atoms with van der Waals surface area (Å²) < 4.78 is 0. The van der Waals surface area contributed by atoms with Crippen LogP contribution in [0.3, 0.4) is 0 Å². The number of nitrogens with zero attached hydrogens (tertiary/aromatic N) is 3. The van der Waals surface area contributed by atoms with Gasteiger partial charge in [-0.1, -0.05) is 12.1 Å². The van der Waals surface area contributed by atoms with Crippen molar-refractivity contribution in [1.29, 1.82) is 0 Å². The molecule has 1 aliphatic heterocycles. The highest BCUT2D eigenvalue weighted by atomic mass is 32.2. The number of aliphatic hydroxyl groups excluding tert-OH is 1. The number of rotatable bonds is 6. The van der Waals surface area contributed by atoms with Crippen molar-refractivity contribution < 1.29 is 14.7 Å². The summed E-state index contributed by atoms with van der Waals surface area (Å²) >= 11 is 1.56. The van der Waals surface area contributed by atoms with Gasteiger partial charge in [0.1, 0.15) is 5.82 Å². The van der Waals surface area contributed by atoms with E-state index in [1.807, 2.05) is 6.26 Å². The molecule has 0 saturated carbocycles. The standard InChI is InChI=1S/C17H17N3O3S/c1-24-12-8-18-15(19-9-12)7-6-11(21)10-20-16(22)13-4-2-3-5-14(13)17(20)23/h2-5,8-9,11,21H,6-7,10H2,1H3/t11-/m0/s1. The maximum atomic E-state index is 12.3. The molecule has 2 amide bonds. The van der Waals surface area contributed by atoms with Crippen molar-refractivity contribution in [3.05, 3.63) is 53.6 Å². The van der Waals surface area contributed by atoms with Crippen LogP contribution in [0.4, 0.5) is 0 Å². The average Bonchev–Trinajstić information content (AvgIpc) is 2.86. The predicted molar refractivity (Wildman–Crippen MR) is 89.9 cm³/mol. The molecule has 1 N–H and O–H groups in total. The molecule has 0 bridgehead atoms. The molecule has 1 aromatic heterocycles. The molecule has 0 saturated heterocycles. The molecule has 0 aliphatic carbocycles. The maximum Gasteiger partial charge on any atom is 0.261 e. The predicted octanol–water partition coefficient (Wildman–Crippen LogP) is 1.79. The molecule has 0 spiro atoms. The summed E-state index contributed by atoms with van der Waals surface area (Å²) in [7, 11) is 0. The Kier molecular flexibility index (Phi) is 4.92. The van der Waals surface area contributed by atoms with Crippen molar-refractivity contribution in [2.75, 3.05) is 12.8 Å². The number of aryl methyl sites for hydroxylation is 1. The van der Waals surface area contributed by atoms with Crippen molar-refractivity contribution in [3.63, 3.8) is 0 Å². The fraction of sp³-hybridized carbons (Fsp3) is 0.294. The molecular weight excluding hydrogens is 326 g/mol. The lowest BCUT2D eigenvalue weighted by Crippen LogP contribution is -2.37. The minimum absolute atomic E-state index is 0.0186. The van der Waals surface area contributed by atoms with E-state index < -0.39 is 6.10 Å². The smallest absolute Gasteiger partial charge is 0.261 e. The lowest BCUT2D eigenvalue weighted by Gasteiger charge is -2.18. The van der Waals surface area contributed by atoms with Crippen LogP contribution in [0, 0.1) is 0 Å². The van der Waals surface area contributed by atoms with Gasteiger partial charge in [0.05, 0.1) is 23.8 Å². The number of benzene rings is 1. The maximum absolute atomic E-state index is 12.3. The third-order valence-corrected chi connectivity index (χ3v) is 4.57. The Morgan fingerprint density at radius 3 is 2.25 bits per heavy atom. The normalized spacial score (nSPS) is 14.8. The first-order valence-electron chi connectivity index (χ1n) is 7.58. The minimum Gasteiger partial charge on any atom is -0.391 e. The Morgan fingerprint density at radius 2 is 1.71 bits per heavy atom. The number of imide groups is 1. The van der Waals surface area contributed by atoms with Crippen LogP contribution in [0.2, 0.25) is 0 Å². The van der Waals surface area contributed by atoms with Crippen LogP contribution < -0.4 is 0 Å². The van der Waals surface area contributed by atoms with Gasteiger partial charge in [-0.05, 0) is 24.8 Å². The number of hydrogen-bond donors (Lipinski definition) is 1. The summed E-state index contributed by atoms with van der Waals surface area (Å²) in [6.07, 6.45) is 5.48. The molecule has 2 heterocycles. The van der Waals surface area contributed by atoms with E-state index >= 15 is 0 Å². The van der Waals surface area contributed by atoms with Gasteiger partial charge < -0.3 is 5.11 Å². The number of thioether (sulfide) groups is 1. The van der Waals surface area contributed by atoms with Crippen molar-refractivity contribution >= 4 is 23.6 Å². The summed E-state index contributed by atoms with van der Waals surface area (Å²) in [5, 5.41) is 10.2. The van der Waals surface area contributed by atoms with Gasteiger partial charge in [-0.3, -0.25) is 14.5 Å². The first-order chi connectivity index (χ1) is 11.6. The molecule has 6 nitrogen and oxygen atoms in total. The van der Waals surface area contributed by atoms with E-state index in [2.05, 4.69) is 9.97 Å². The highest BCUT2D eigenvalue weighted by Crippen LogP contribution is 2.23. The molecule has 24 heavy (non-hydrogen) atoms. The lowest BCUT2D eigenvalue weighted by atomic mass is 10.1. The zero-order chi connectivity index (χ0) is 17.1. The summed E-state index contributed by atoms with van der Waals surface area (Å²) in [5.74, 6) is -0.0698. The summed E-state index contributed by atoms with van der Waals surface area (Å²) in [6.45, 7) is -0.0186. The van der Waals surface area contributed by atoms with E-state index in [0.717, 1.165) is 9.80 Å². The van der Waals surface area contributed by atoms with Gasteiger partial charge in [0, 0.05) is 23.7 Å². The monoisotopic (exact) mass is 343 g/mol. The van der Waals surface area contributed by atoms with Crippen molar-refractivity contribution in [2.24, 2.45) is 0 Å². The summed E-state index contributed by atoms with van der Waals surface area (Å²) in [5.41, 5.74) is 0.788. The number of aliphatic hydroxyl groups is 1. The Labute approximate surface area is 143 Å². The second-order valence-electron chi connectivity index (χ2n) is 5.50. The highest BCUT2D eigenvalue weighted by molar-refractivity contribution is 7.98. The van der Waals surface area contributed by atoms with Crippen LogP contribution >= 0.6 is 11.8 Å². The number of aromatic nitrogens is 2. The van der Waals surface area contributed by atoms with Gasteiger partial charge in [-0.25, -0.2) is 9.97 Å². The van der Waals surface area contributed by atoms with Crippen LogP contribution in [-0.4, -0.2) is 50.7 Å². The topological polar surface area (TPSA) is 83.4 Å². The van der Waals surface area contributed by atoms with E-state index in [0.29, 0.717) is 29.8 Å². The second kappa shape index (κ2) is 7.11. The molecular formula is C17H17N3O3S. The summed E-state index contributed by atoms with van der Waals surface area (Å²) in [6, 6.07) is 6.70. The average molecular weight is 343 g/mol. The number of carbonyl (C=O) groups excluding carboxylic acids is 2. The summed E-state index contributed by atoms with van der Waals surface area (Å²) in [4.78, 5) is 35.0. The van der Waals surface area contributed by atoms with Crippen LogP contribution in [-0.2, 0) is 6.42 Å². The molecule has 7 heteroatoms. The Balaban J connectivity index is 1.58. The molecule has 1 aromatic carbocycles. The number of carbonyl (C=O) groups is 2. The van der Waals surface area contributed by atoms with E-state index in [-0.39, 0.29) is 18.4 Å². The SMILES string of the molecule is CSc1cnc(CC[C@H](O)CN2C(=O)c3ccccc3C2=O)nc1. The van der Waals surface area contributed by atoms with Crippen LogP contribution in [0.15, 0.2) is 41.6 Å². The van der Waals surface area contributed by atoms with Gasteiger partial charge in [-0.15, -0.1) is 11.8 Å². The van der Waals surface area contributed by atoms with Crippen molar-refractivity contribution in [2.45, 2.75) is 23.8 Å². The fourth-order valence-corrected chi connectivity index (χ4v) is 2.90. The molecule has 1 aliphatic rings. The number of β-amino-alcohol motifs (C(OH)–C–C–N with tert-alkyl or cyclic N) is 1. The van der Waals surface area contributed by atoms with Crippen molar-refractivity contribution in [3.8, 4) is 0 Å². The molecule has 1 atom stereocenters. The van der Waals surface area contributed by atoms with E-state index in [9.17, 15) is 14.7 Å². The largest absolute Gasteiger partial charge is 0.391 e. The minimum atomic E-state index is -0.809. The van der Waals surface area contributed by atoms with Gasteiger partial charge >= 0.3 is 0 Å². The van der Waals surface area contributed by atoms with E-state index in [1.165, 1.54) is 0 Å². The second-order valence-corrected chi connectivity index (χ2v) is 6.38. The van der Waals surface area contributed by atoms with E-state index in [4.69, 9.17) is 0 Å². The molecule has 0 radical (unpaired) electrons. The van der Waals surface area contributed by atoms with Gasteiger partial charge in [-0.2, -0.15) is 0 Å². The van der Waals surface area contributed by atoms with Gasteiger partial charge in [0.2, 0.25) is 0 Å². The first kappa shape index (κ1) is 16.6. The highest BCUT2D eigenvalue weighted by Gasteiger charge is 2.35. The molecule has 2 aromatic rings. The Morgan fingerprint density at radius 1 is 1.12 bits per heavy atom. The Hall–Kier alpha value is -2.25. The zero-order valence-corrected chi connectivity index (χ0v) is 14.0. The van der Waals surface area contributed by atoms with Gasteiger partial charge in [0.15, 0.2) is 0 Å². The zero-order valence-electron chi connectivity index (χ0n) is 13.2.